The first-order chi connectivity index (χ1) is 9.15. The van der Waals surface area contributed by atoms with E-state index in [1.54, 1.807) is 0 Å². The second-order valence-electron chi connectivity index (χ2n) is 5.55. The van der Waals surface area contributed by atoms with Crippen LogP contribution in [0.4, 0.5) is 5.95 Å². The fraction of sp³-hybridized carbons (Fsp3) is 0.571. The van der Waals surface area contributed by atoms with Gasteiger partial charge in [-0.05, 0) is 44.2 Å². The minimum absolute atomic E-state index is 0.376. The summed E-state index contributed by atoms with van der Waals surface area (Å²) in [5.74, 6) is 0.815. The van der Waals surface area contributed by atoms with E-state index >= 15 is 0 Å². The standard InChI is InChI=1S/C14H21N5/c1-10-4-3-9-19-13(10)16-14(17-19)18(2)12-7-5-11(15)6-8-12/h3-4,9,11-12H,5-8,15H2,1-2H3. The Bertz CT molecular complexity index is 568. The molecule has 5 nitrogen and oxygen atoms in total. The Balaban J connectivity index is 1.85. The number of aryl methyl sites for hydroxylation is 1. The Morgan fingerprint density at radius 2 is 2.05 bits per heavy atom. The summed E-state index contributed by atoms with van der Waals surface area (Å²) in [6.07, 6.45) is 6.41. The molecular weight excluding hydrogens is 238 g/mol. The molecule has 0 spiro atoms. The van der Waals surface area contributed by atoms with Crippen molar-refractivity contribution < 1.29 is 0 Å². The predicted octanol–water partition coefficient (Wildman–Crippen LogP) is 1.74. The Hall–Kier alpha value is -1.62. The predicted molar refractivity (Wildman–Crippen MR) is 76.4 cm³/mol. The molecule has 0 aromatic carbocycles. The number of anilines is 1. The van der Waals surface area contributed by atoms with Gasteiger partial charge in [-0.15, -0.1) is 5.10 Å². The van der Waals surface area contributed by atoms with Gasteiger partial charge in [-0.3, -0.25) is 0 Å². The lowest BCUT2D eigenvalue weighted by molar-refractivity contribution is 0.382. The zero-order valence-electron chi connectivity index (χ0n) is 11.6. The molecule has 0 unspecified atom stereocenters. The number of fused-ring (bicyclic) bond motifs is 1. The van der Waals surface area contributed by atoms with Gasteiger partial charge in [-0.25, -0.2) is 4.52 Å². The number of nitrogens with zero attached hydrogens (tertiary/aromatic N) is 4. The van der Waals surface area contributed by atoms with Crippen LogP contribution in [-0.2, 0) is 0 Å². The van der Waals surface area contributed by atoms with E-state index in [1.165, 1.54) is 0 Å². The minimum atomic E-state index is 0.376. The Morgan fingerprint density at radius 1 is 1.32 bits per heavy atom. The highest BCUT2D eigenvalue weighted by molar-refractivity contribution is 5.50. The number of aromatic nitrogens is 3. The van der Waals surface area contributed by atoms with E-state index in [0.29, 0.717) is 12.1 Å². The Morgan fingerprint density at radius 3 is 2.74 bits per heavy atom. The highest BCUT2D eigenvalue weighted by Crippen LogP contribution is 2.24. The van der Waals surface area contributed by atoms with Crippen molar-refractivity contribution in [2.75, 3.05) is 11.9 Å². The molecule has 1 aliphatic rings. The first-order valence-corrected chi connectivity index (χ1v) is 6.95. The molecule has 1 aliphatic carbocycles. The molecule has 2 aromatic rings. The zero-order valence-corrected chi connectivity index (χ0v) is 11.6. The molecule has 3 rings (SSSR count). The van der Waals surface area contributed by atoms with E-state index in [9.17, 15) is 0 Å². The molecule has 1 saturated carbocycles. The van der Waals surface area contributed by atoms with Crippen LogP contribution in [-0.4, -0.2) is 33.7 Å². The van der Waals surface area contributed by atoms with Gasteiger partial charge in [0.2, 0.25) is 5.95 Å². The number of rotatable bonds is 2. The molecule has 0 aliphatic heterocycles. The fourth-order valence-corrected chi connectivity index (χ4v) is 2.83. The molecule has 2 heterocycles. The maximum atomic E-state index is 5.96. The summed E-state index contributed by atoms with van der Waals surface area (Å²) in [6.45, 7) is 2.06. The van der Waals surface area contributed by atoms with Crippen molar-refractivity contribution in [3.05, 3.63) is 23.9 Å². The zero-order chi connectivity index (χ0) is 13.4. The fourth-order valence-electron chi connectivity index (χ4n) is 2.83. The van der Waals surface area contributed by atoms with Crippen LogP contribution in [0.15, 0.2) is 18.3 Å². The molecule has 1 fully saturated rings. The van der Waals surface area contributed by atoms with E-state index in [0.717, 1.165) is 42.8 Å². The van der Waals surface area contributed by atoms with Crippen LogP contribution in [0.3, 0.4) is 0 Å². The van der Waals surface area contributed by atoms with Crippen molar-refractivity contribution in [2.24, 2.45) is 5.73 Å². The summed E-state index contributed by atoms with van der Waals surface area (Å²) in [7, 11) is 2.09. The van der Waals surface area contributed by atoms with E-state index in [2.05, 4.69) is 35.0 Å². The van der Waals surface area contributed by atoms with E-state index in [4.69, 9.17) is 5.73 Å². The second kappa shape index (κ2) is 4.81. The Labute approximate surface area is 113 Å². The van der Waals surface area contributed by atoms with Crippen LogP contribution in [0, 0.1) is 6.92 Å². The van der Waals surface area contributed by atoms with Crippen molar-refractivity contribution in [3.8, 4) is 0 Å². The molecule has 0 atom stereocenters. The maximum Gasteiger partial charge on any atom is 0.245 e. The van der Waals surface area contributed by atoms with E-state index in [1.807, 2.05) is 16.8 Å². The van der Waals surface area contributed by atoms with Crippen LogP contribution in [0.1, 0.15) is 31.2 Å². The molecule has 0 radical (unpaired) electrons. The van der Waals surface area contributed by atoms with Crippen LogP contribution < -0.4 is 10.6 Å². The molecular formula is C14H21N5. The first kappa shape index (κ1) is 12.4. The third-order valence-corrected chi connectivity index (χ3v) is 4.15. The first-order valence-electron chi connectivity index (χ1n) is 6.95. The number of hydrogen-bond donors (Lipinski definition) is 1. The van der Waals surface area contributed by atoms with Crippen molar-refractivity contribution in [1.29, 1.82) is 0 Å². The van der Waals surface area contributed by atoms with Gasteiger partial charge in [0.1, 0.15) is 0 Å². The highest BCUT2D eigenvalue weighted by atomic mass is 15.4. The van der Waals surface area contributed by atoms with Crippen molar-refractivity contribution >= 4 is 11.6 Å². The summed E-state index contributed by atoms with van der Waals surface area (Å²) >= 11 is 0. The quantitative estimate of drug-likeness (QED) is 0.892. The minimum Gasteiger partial charge on any atom is -0.340 e. The van der Waals surface area contributed by atoms with Gasteiger partial charge in [0.25, 0.3) is 0 Å². The summed E-state index contributed by atoms with van der Waals surface area (Å²) in [5.41, 5.74) is 8.06. The number of pyridine rings is 1. The average molecular weight is 259 g/mol. The molecule has 19 heavy (non-hydrogen) atoms. The Kier molecular flexibility index (Phi) is 3.14. The molecule has 5 heteroatoms. The number of hydrogen-bond acceptors (Lipinski definition) is 4. The van der Waals surface area contributed by atoms with Crippen molar-refractivity contribution in [1.82, 2.24) is 14.6 Å². The van der Waals surface area contributed by atoms with Gasteiger partial charge in [0.05, 0.1) is 0 Å². The molecule has 2 aromatic heterocycles. The van der Waals surface area contributed by atoms with Gasteiger partial charge in [-0.2, -0.15) is 4.98 Å². The summed E-state index contributed by atoms with van der Waals surface area (Å²) in [5, 5.41) is 4.57. The number of nitrogens with two attached hydrogens (primary N) is 1. The van der Waals surface area contributed by atoms with E-state index < -0.39 is 0 Å². The van der Waals surface area contributed by atoms with Crippen LogP contribution in [0.5, 0.6) is 0 Å². The molecule has 0 bridgehead atoms. The normalized spacial score (nSPS) is 23.7. The highest BCUT2D eigenvalue weighted by Gasteiger charge is 2.24. The van der Waals surface area contributed by atoms with Gasteiger partial charge in [0, 0.05) is 25.3 Å². The van der Waals surface area contributed by atoms with Gasteiger partial charge in [-0.1, -0.05) is 6.07 Å². The topological polar surface area (TPSA) is 59.5 Å². The average Bonchev–Trinajstić information content (AvgIpc) is 2.84. The lowest BCUT2D eigenvalue weighted by Crippen LogP contribution is -2.39. The maximum absolute atomic E-state index is 5.96. The molecule has 2 N–H and O–H groups in total. The summed E-state index contributed by atoms with van der Waals surface area (Å²) in [4.78, 5) is 6.86. The molecule has 102 valence electrons. The molecule has 0 saturated heterocycles. The van der Waals surface area contributed by atoms with Crippen LogP contribution in [0.25, 0.3) is 5.65 Å². The summed E-state index contributed by atoms with van der Waals surface area (Å²) in [6, 6.07) is 4.95. The third-order valence-electron chi connectivity index (χ3n) is 4.15. The van der Waals surface area contributed by atoms with Crippen molar-refractivity contribution in [3.63, 3.8) is 0 Å². The van der Waals surface area contributed by atoms with E-state index in [-0.39, 0.29) is 0 Å². The van der Waals surface area contributed by atoms with Gasteiger partial charge < -0.3 is 10.6 Å². The smallest absolute Gasteiger partial charge is 0.245 e. The van der Waals surface area contributed by atoms with Crippen molar-refractivity contribution in [2.45, 2.75) is 44.7 Å². The van der Waals surface area contributed by atoms with Gasteiger partial charge >= 0.3 is 0 Å². The summed E-state index contributed by atoms with van der Waals surface area (Å²) < 4.78 is 1.86. The molecule has 0 amide bonds. The lowest BCUT2D eigenvalue weighted by Gasteiger charge is -2.32. The van der Waals surface area contributed by atoms with Crippen LogP contribution >= 0.6 is 0 Å². The monoisotopic (exact) mass is 259 g/mol. The SMILES string of the molecule is Cc1cccn2nc(N(C)C3CCC(N)CC3)nc12. The van der Waals surface area contributed by atoms with Crippen LogP contribution in [0.2, 0.25) is 0 Å². The third kappa shape index (κ3) is 2.30. The second-order valence-corrected chi connectivity index (χ2v) is 5.55. The van der Waals surface area contributed by atoms with Gasteiger partial charge in [0.15, 0.2) is 5.65 Å². The largest absolute Gasteiger partial charge is 0.340 e. The lowest BCUT2D eigenvalue weighted by atomic mass is 9.91.